The van der Waals surface area contributed by atoms with Gasteiger partial charge < -0.3 is 4.57 Å². The van der Waals surface area contributed by atoms with Crippen LogP contribution < -0.4 is 0 Å². The summed E-state index contributed by atoms with van der Waals surface area (Å²) in [4.78, 5) is 20.2. The van der Waals surface area contributed by atoms with Gasteiger partial charge in [0.15, 0.2) is 6.29 Å². The second-order valence-electron chi connectivity index (χ2n) is 2.03. The molecule has 58 valence electrons. The molecule has 0 aliphatic heterocycles. The van der Waals surface area contributed by atoms with E-state index < -0.39 is 6.04 Å². The molecule has 1 heterocycles. The Morgan fingerprint density at radius 3 is 3.00 bits per heavy atom. The molecule has 0 spiro atoms. The highest BCUT2D eigenvalue weighted by atomic mass is 19.1. The quantitative estimate of drug-likeness (QED) is 0.478. The van der Waals surface area contributed by atoms with Gasteiger partial charge in [0.2, 0.25) is 0 Å². The van der Waals surface area contributed by atoms with Gasteiger partial charge in [0.1, 0.15) is 6.54 Å². The van der Waals surface area contributed by atoms with Crippen LogP contribution in [0.3, 0.4) is 0 Å². The smallest absolute Gasteiger partial charge is 0.321 e. The highest BCUT2D eigenvalue weighted by Gasteiger charge is 2.02. The van der Waals surface area contributed by atoms with Crippen molar-refractivity contribution in [3.63, 3.8) is 0 Å². The molecule has 0 aliphatic rings. The van der Waals surface area contributed by atoms with E-state index in [1.165, 1.54) is 16.8 Å². The fourth-order valence-corrected chi connectivity index (χ4v) is 0.812. The third kappa shape index (κ3) is 1.73. The molecule has 0 N–H and O–H groups in total. The summed E-state index contributed by atoms with van der Waals surface area (Å²) in [6.45, 7) is -0.388. The number of rotatable bonds is 3. The molecule has 4 heteroatoms. The Balaban J connectivity index is 2.84. The van der Waals surface area contributed by atoms with E-state index in [1.807, 2.05) is 0 Å². The zero-order valence-corrected chi connectivity index (χ0v) is 5.66. The van der Waals surface area contributed by atoms with Gasteiger partial charge in [-0.05, 0) is 12.1 Å². The van der Waals surface area contributed by atoms with Gasteiger partial charge in [-0.3, -0.25) is 9.59 Å². The molecule has 1 aromatic heterocycles. The van der Waals surface area contributed by atoms with E-state index in [0.717, 1.165) is 0 Å². The molecule has 0 radical (unpaired) electrons. The second kappa shape index (κ2) is 3.09. The van der Waals surface area contributed by atoms with Crippen LogP contribution in [-0.2, 0) is 11.3 Å². The Hall–Kier alpha value is -1.45. The molecule has 0 amide bonds. The Kier molecular flexibility index (Phi) is 2.15. The maximum absolute atomic E-state index is 11.8. The summed E-state index contributed by atoms with van der Waals surface area (Å²) >= 11 is 0. The van der Waals surface area contributed by atoms with Crippen LogP contribution in [-0.4, -0.2) is 16.9 Å². The van der Waals surface area contributed by atoms with Gasteiger partial charge in [0.25, 0.3) is 0 Å². The first-order chi connectivity index (χ1) is 5.24. The second-order valence-corrected chi connectivity index (χ2v) is 2.03. The zero-order valence-electron chi connectivity index (χ0n) is 5.66. The SMILES string of the molecule is O=Cc1cccn1CC(=O)F. The van der Waals surface area contributed by atoms with Crippen LogP contribution in [0.2, 0.25) is 0 Å². The highest BCUT2D eigenvalue weighted by molar-refractivity contribution is 5.74. The first kappa shape index (κ1) is 7.65. The van der Waals surface area contributed by atoms with Gasteiger partial charge in [-0.2, -0.15) is 4.39 Å². The van der Waals surface area contributed by atoms with Crippen LogP contribution in [0.25, 0.3) is 0 Å². The number of halogens is 1. The largest absolute Gasteiger partial charge is 0.335 e. The molecular formula is C7H6FNO2. The minimum atomic E-state index is -1.45. The first-order valence-corrected chi connectivity index (χ1v) is 3.02. The van der Waals surface area contributed by atoms with Crippen LogP contribution in [0.15, 0.2) is 18.3 Å². The normalized spacial score (nSPS) is 9.55. The zero-order chi connectivity index (χ0) is 8.27. The van der Waals surface area contributed by atoms with Crippen molar-refractivity contribution in [3.05, 3.63) is 24.0 Å². The summed E-state index contributed by atoms with van der Waals surface area (Å²) in [5.74, 6) is 0. The van der Waals surface area contributed by atoms with Crippen LogP contribution in [0.1, 0.15) is 10.5 Å². The lowest BCUT2D eigenvalue weighted by atomic mass is 10.5. The predicted octanol–water partition coefficient (Wildman–Crippen LogP) is 0.797. The number of carbonyl (C=O) groups is 2. The monoisotopic (exact) mass is 155 g/mol. The molecule has 0 bridgehead atoms. The van der Waals surface area contributed by atoms with E-state index in [9.17, 15) is 14.0 Å². The van der Waals surface area contributed by atoms with Gasteiger partial charge in [0, 0.05) is 6.20 Å². The van der Waals surface area contributed by atoms with Crippen molar-refractivity contribution in [2.45, 2.75) is 6.54 Å². The summed E-state index contributed by atoms with van der Waals surface area (Å²) in [6, 6.07) is 1.63. The lowest BCUT2D eigenvalue weighted by Gasteiger charge is -1.97. The van der Waals surface area contributed by atoms with Crippen molar-refractivity contribution < 1.29 is 14.0 Å². The van der Waals surface area contributed by atoms with Gasteiger partial charge in [-0.1, -0.05) is 0 Å². The minimum Gasteiger partial charge on any atom is -0.335 e. The summed E-state index contributed by atoms with van der Waals surface area (Å²) in [5.41, 5.74) is 0.302. The van der Waals surface area contributed by atoms with E-state index in [0.29, 0.717) is 12.0 Å². The van der Waals surface area contributed by atoms with Crippen molar-refractivity contribution in [1.29, 1.82) is 0 Å². The third-order valence-electron chi connectivity index (χ3n) is 1.28. The van der Waals surface area contributed by atoms with Gasteiger partial charge >= 0.3 is 6.04 Å². The number of carbonyl (C=O) groups excluding carboxylic acids is 2. The van der Waals surface area contributed by atoms with Crippen molar-refractivity contribution in [3.8, 4) is 0 Å². The van der Waals surface area contributed by atoms with Crippen molar-refractivity contribution in [1.82, 2.24) is 4.57 Å². The topological polar surface area (TPSA) is 39.1 Å². The van der Waals surface area contributed by atoms with Crippen LogP contribution in [0, 0.1) is 0 Å². The summed E-state index contributed by atoms with van der Waals surface area (Å²) in [7, 11) is 0. The van der Waals surface area contributed by atoms with Crippen molar-refractivity contribution in [2.75, 3.05) is 0 Å². The molecule has 11 heavy (non-hydrogen) atoms. The van der Waals surface area contributed by atoms with E-state index in [4.69, 9.17) is 0 Å². The number of aromatic nitrogens is 1. The maximum atomic E-state index is 11.8. The van der Waals surface area contributed by atoms with Gasteiger partial charge in [-0.15, -0.1) is 0 Å². The minimum absolute atomic E-state index is 0.302. The van der Waals surface area contributed by atoms with Gasteiger partial charge in [-0.25, -0.2) is 0 Å². The maximum Gasteiger partial charge on any atom is 0.321 e. The van der Waals surface area contributed by atoms with Crippen molar-refractivity contribution in [2.24, 2.45) is 0 Å². The summed E-state index contributed by atoms with van der Waals surface area (Å²) < 4.78 is 13.1. The van der Waals surface area contributed by atoms with E-state index in [1.54, 1.807) is 6.07 Å². The summed E-state index contributed by atoms with van der Waals surface area (Å²) in [5, 5.41) is 0. The molecule has 0 saturated heterocycles. The Labute approximate surface area is 62.4 Å². The fourth-order valence-electron chi connectivity index (χ4n) is 0.812. The molecule has 0 fully saturated rings. The van der Waals surface area contributed by atoms with E-state index >= 15 is 0 Å². The average Bonchev–Trinajstić information content (AvgIpc) is 2.34. The Morgan fingerprint density at radius 2 is 2.45 bits per heavy atom. The molecule has 0 aromatic carbocycles. The highest BCUT2D eigenvalue weighted by Crippen LogP contribution is 1.98. The predicted molar refractivity (Wildman–Crippen MR) is 35.9 cm³/mol. The average molecular weight is 155 g/mol. The van der Waals surface area contributed by atoms with E-state index in [2.05, 4.69) is 0 Å². The molecule has 0 atom stereocenters. The van der Waals surface area contributed by atoms with Crippen molar-refractivity contribution >= 4 is 12.3 Å². The van der Waals surface area contributed by atoms with Crippen LogP contribution in [0.4, 0.5) is 4.39 Å². The number of hydrogen-bond donors (Lipinski definition) is 0. The lowest BCUT2D eigenvalue weighted by Crippen LogP contribution is -2.06. The van der Waals surface area contributed by atoms with Gasteiger partial charge in [0.05, 0.1) is 5.69 Å². The number of hydrogen-bond acceptors (Lipinski definition) is 2. The molecule has 3 nitrogen and oxygen atoms in total. The first-order valence-electron chi connectivity index (χ1n) is 3.02. The molecule has 1 aromatic rings. The lowest BCUT2D eigenvalue weighted by molar-refractivity contribution is -0.129. The number of nitrogens with zero attached hydrogens (tertiary/aromatic N) is 1. The number of aldehydes is 1. The summed E-state index contributed by atoms with van der Waals surface area (Å²) in [6.07, 6.45) is 2.05. The molecule has 1 rings (SSSR count). The fraction of sp³-hybridized carbons (Fsp3) is 0.143. The van der Waals surface area contributed by atoms with E-state index in [-0.39, 0.29) is 6.54 Å². The Morgan fingerprint density at radius 1 is 1.73 bits per heavy atom. The molecule has 0 aliphatic carbocycles. The van der Waals surface area contributed by atoms with Crippen LogP contribution in [0.5, 0.6) is 0 Å². The Bertz CT molecular complexity index is 280. The molecule has 0 unspecified atom stereocenters. The molecule has 0 saturated carbocycles. The molecular weight excluding hydrogens is 149 g/mol. The van der Waals surface area contributed by atoms with Crippen LogP contribution >= 0.6 is 0 Å². The third-order valence-corrected chi connectivity index (χ3v) is 1.28. The standard InChI is InChI=1S/C7H6FNO2/c8-7(11)4-9-3-1-2-6(9)5-10/h1-3,5H,4H2.